The highest BCUT2D eigenvalue weighted by Crippen LogP contribution is 2.24. The Hall–Kier alpha value is -3.32. The highest BCUT2D eigenvalue weighted by molar-refractivity contribution is 5.94. The van der Waals surface area contributed by atoms with Crippen LogP contribution in [0.4, 0.5) is 0 Å². The normalized spacial score (nSPS) is 9.97. The number of aliphatic hydroxyl groups is 1. The third kappa shape index (κ3) is 9.74. The van der Waals surface area contributed by atoms with Crippen LogP contribution in [0.1, 0.15) is 70.7 Å². The van der Waals surface area contributed by atoms with Crippen LogP contribution in [0.25, 0.3) is 22.2 Å². The minimum Gasteiger partial charge on any atom is -0.481 e. The summed E-state index contributed by atoms with van der Waals surface area (Å²) in [6.45, 7) is 11.4. The van der Waals surface area contributed by atoms with Crippen molar-refractivity contribution in [3.63, 3.8) is 0 Å². The Morgan fingerprint density at radius 1 is 1.00 bits per heavy atom. The number of pyridine rings is 2. The van der Waals surface area contributed by atoms with E-state index < -0.39 is 0 Å². The number of rotatable bonds is 10. The molecule has 7 heteroatoms. The molecule has 0 radical (unpaired) electrons. The summed E-state index contributed by atoms with van der Waals surface area (Å²) in [4.78, 5) is 33.6. The topological polar surface area (TPSA) is 92.6 Å². The van der Waals surface area contributed by atoms with Gasteiger partial charge in [-0.05, 0) is 56.5 Å². The number of methoxy groups -OCH3 is 1. The highest BCUT2D eigenvalue weighted by atomic mass is 16.5. The molecule has 0 bridgehead atoms. The summed E-state index contributed by atoms with van der Waals surface area (Å²) in [6.07, 6.45) is 4.69. The highest BCUT2D eigenvalue weighted by Gasteiger charge is 2.15. The number of hydrogen-bond donors (Lipinski definition) is 1. The maximum Gasteiger partial charge on any atom is 0.255 e. The average Bonchev–Trinajstić information content (AvgIpc) is 2.92. The maximum atomic E-state index is 12.7. The van der Waals surface area contributed by atoms with E-state index in [0.29, 0.717) is 24.3 Å². The van der Waals surface area contributed by atoms with Crippen molar-refractivity contribution >= 4 is 22.6 Å². The first-order valence-corrected chi connectivity index (χ1v) is 12.7. The Bertz CT molecular complexity index is 1060. The molecular formula is C29H41N3O4. The van der Waals surface area contributed by atoms with Gasteiger partial charge in [-0.25, -0.2) is 4.98 Å². The monoisotopic (exact) mass is 495 g/mol. The molecule has 0 aliphatic heterocycles. The first kappa shape index (κ1) is 30.7. The molecule has 0 fully saturated rings. The number of amides is 1. The van der Waals surface area contributed by atoms with Crippen molar-refractivity contribution in [2.45, 2.75) is 60.3 Å². The standard InChI is InChI=1S/C22H25N3O2.C5H10O2.C2H6/c1-4-12-25(13-5-2)22(26)18-7-9-19(23-15-18)16-6-10-20-17(14-16)8-11-21(24-20)27-3;1-5(7)3-2-4-6;1-2/h6-11,14-15H,4-5,12-13H2,1-3H3;6H,2-4H2,1H3;1-2H3. The van der Waals surface area contributed by atoms with Crippen molar-refractivity contribution in [3.05, 3.63) is 54.2 Å². The summed E-state index contributed by atoms with van der Waals surface area (Å²) in [7, 11) is 1.61. The zero-order chi connectivity index (χ0) is 26.9. The van der Waals surface area contributed by atoms with E-state index in [-0.39, 0.29) is 18.3 Å². The van der Waals surface area contributed by atoms with Crippen LogP contribution in [-0.2, 0) is 4.79 Å². The molecule has 1 N–H and O–H groups in total. The molecule has 0 aliphatic rings. The molecule has 0 saturated carbocycles. The number of ether oxygens (including phenoxy) is 1. The molecule has 2 heterocycles. The predicted molar refractivity (Wildman–Crippen MR) is 146 cm³/mol. The molecule has 0 spiro atoms. The second kappa shape index (κ2) is 17.2. The first-order valence-electron chi connectivity index (χ1n) is 12.7. The zero-order valence-corrected chi connectivity index (χ0v) is 22.6. The van der Waals surface area contributed by atoms with Gasteiger partial charge in [0.25, 0.3) is 5.91 Å². The molecule has 3 rings (SSSR count). The van der Waals surface area contributed by atoms with Gasteiger partial charge in [-0.1, -0.05) is 33.8 Å². The minimum atomic E-state index is 0.0487. The van der Waals surface area contributed by atoms with Gasteiger partial charge in [0.05, 0.1) is 23.9 Å². The van der Waals surface area contributed by atoms with Gasteiger partial charge >= 0.3 is 0 Å². The second-order valence-corrected chi connectivity index (χ2v) is 8.01. The molecule has 0 atom stereocenters. The van der Waals surface area contributed by atoms with Crippen LogP contribution < -0.4 is 4.74 Å². The Labute approximate surface area is 215 Å². The van der Waals surface area contributed by atoms with Crippen LogP contribution in [0.5, 0.6) is 5.88 Å². The number of fused-ring (bicyclic) bond motifs is 1. The number of ketones is 1. The van der Waals surface area contributed by atoms with E-state index in [9.17, 15) is 9.59 Å². The fourth-order valence-corrected chi connectivity index (χ4v) is 3.44. The van der Waals surface area contributed by atoms with E-state index in [1.807, 2.05) is 61.2 Å². The molecule has 2 aromatic heterocycles. The van der Waals surface area contributed by atoms with Gasteiger partial charge < -0.3 is 19.5 Å². The van der Waals surface area contributed by atoms with Crippen LogP contribution in [0, 0.1) is 0 Å². The summed E-state index contributed by atoms with van der Waals surface area (Å²) >= 11 is 0. The van der Waals surface area contributed by atoms with Gasteiger partial charge in [0, 0.05) is 49.3 Å². The number of nitrogens with zero attached hydrogens (tertiary/aromatic N) is 3. The largest absolute Gasteiger partial charge is 0.481 e. The van der Waals surface area contributed by atoms with Gasteiger partial charge in [0.1, 0.15) is 5.78 Å². The summed E-state index contributed by atoms with van der Waals surface area (Å²) in [6, 6.07) is 13.6. The van der Waals surface area contributed by atoms with Crippen molar-refractivity contribution < 1.29 is 19.4 Å². The van der Waals surface area contributed by atoms with Gasteiger partial charge in [-0.2, -0.15) is 0 Å². The Morgan fingerprint density at radius 2 is 1.69 bits per heavy atom. The fraction of sp³-hybridized carbons (Fsp3) is 0.448. The first-order chi connectivity index (χ1) is 17.4. The quantitative estimate of drug-likeness (QED) is 0.374. The predicted octanol–water partition coefficient (Wildman–Crippen LogP) is 5.94. The zero-order valence-electron chi connectivity index (χ0n) is 22.6. The van der Waals surface area contributed by atoms with Crippen LogP contribution in [-0.4, -0.2) is 58.5 Å². The molecule has 0 unspecified atom stereocenters. The number of carbonyl (C=O) groups is 2. The number of carbonyl (C=O) groups excluding carboxylic acids is 2. The fourth-order valence-electron chi connectivity index (χ4n) is 3.44. The van der Waals surface area contributed by atoms with Crippen molar-refractivity contribution in [1.29, 1.82) is 0 Å². The summed E-state index contributed by atoms with van der Waals surface area (Å²) < 4.78 is 5.17. The molecule has 1 amide bonds. The van der Waals surface area contributed by atoms with E-state index >= 15 is 0 Å². The van der Waals surface area contributed by atoms with Crippen molar-refractivity contribution in [3.8, 4) is 17.1 Å². The van der Waals surface area contributed by atoms with E-state index in [4.69, 9.17) is 9.84 Å². The van der Waals surface area contributed by atoms with Crippen LogP contribution in [0.15, 0.2) is 48.7 Å². The lowest BCUT2D eigenvalue weighted by Crippen LogP contribution is -2.32. The van der Waals surface area contributed by atoms with Gasteiger partial charge in [-0.15, -0.1) is 0 Å². The lowest BCUT2D eigenvalue weighted by Gasteiger charge is -2.21. The lowest BCUT2D eigenvalue weighted by atomic mass is 10.1. The van der Waals surface area contributed by atoms with Crippen LogP contribution in [0.2, 0.25) is 0 Å². The average molecular weight is 496 g/mol. The SMILES string of the molecule is CC.CC(=O)CCCO.CCCN(CCC)C(=O)c1ccc(-c2ccc3nc(OC)ccc3c2)nc1. The summed E-state index contributed by atoms with van der Waals surface area (Å²) in [5, 5.41) is 9.18. The van der Waals surface area contributed by atoms with Crippen molar-refractivity contribution in [2.24, 2.45) is 0 Å². The number of aliphatic hydroxyl groups excluding tert-OH is 1. The van der Waals surface area contributed by atoms with E-state index in [2.05, 4.69) is 23.8 Å². The van der Waals surface area contributed by atoms with Crippen LogP contribution in [0.3, 0.4) is 0 Å². The van der Waals surface area contributed by atoms with E-state index in [1.165, 1.54) is 6.92 Å². The second-order valence-electron chi connectivity index (χ2n) is 8.01. The van der Waals surface area contributed by atoms with E-state index in [1.54, 1.807) is 13.3 Å². The minimum absolute atomic E-state index is 0.0487. The van der Waals surface area contributed by atoms with Crippen LogP contribution >= 0.6 is 0 Å². The number of hydrogen-bond acceptors (Lipinski definition) is 6. The smallest absolute Gasteiger partial charge is 0.255 e. The lowest BCUT2D eigenvalue weighted by molar-refractivity contribution is -0.117. The Kier molecular flexibility index (Phi) is 14.6. The molecule has 0 aliphatic carbocycles. The van der Waals surface area contributed by atoms with Crippen molar-refractivity contribution in [1.82, 2.24) is 14.9 Å². The molecule has 0 saturated heterocycles. The van der Waals surface area contributed by atoms with Gasteiger partial charge in [-0.3, -0.25) is 9.78 Å². The molecule has 1 aromatic carbocycles. The molecule has 196 valence electrons. The number of Topliss-reactive ketones (excluding diaryl/α,β-unsaturated/α-hetero) is 1. The third-order valence-corrected chi connectivity index (χ3v) is 5.14. The molecule has 7 nitrogen and oxygen atoms in total. The molecular weight excluding hydrogens is 454 g/mol. The third-order valence-electron chi connectivity index (χ3n) is 5.14. The Balaban J connectivity index is 0.000000623. The van der Waals surface area contributed by atoms with E-state index in [0.717, 1.165) is 48.1 Å². The summed E-state index contributed by atoms with van der Waals surface area (Å²) in [5.74, 6) is 0.793. The number of aromatic nitrogens is 2. The maximum absolute atomic E-state index is 12.7. The van der Waals surface area contributed by atoms with Gasteiger partial charge in [0.15, 0.2) is 0 Å². The molecule has 3 aromatic rings. The van der Waals surface area contributed by atoms with Gasteiger partial charge in [0.2, 0.25) is 5.88 Å². The number of benzene rings is 1. The van der Waals surface area contributed by atoms with Crippen molar-refractivity contribution in [2.75, 3.05) is 26.8 Å². The summed E-state index contributed by atoms with van der Waals surface area (Å²) in [5.41, 5.74) is 3.33. The molecule has 36 heavy (non-hydrogen) atoms. The Morgan fingerprint density at radius 3 is 2.19 bits per heavy atom.